The normalized spacial score (nSPS) is 15.6. The summed E-state index contributed by atoms with van der Waals surface area (Å²) in [6.45, 7) is 2.28. The molecule has 3 aromatic rings. The zero-order valence-corrected chi connectivity index (χ0v) is 18.2. The van der Waals surface area contributed by atoms with Gasteiger partial charge in [-0.25, -0.2) is 0 Å². The number of aromatic nitrogens is 2. The van der Waals surface area contributed by atoms with E-state index < -0.39 is 0 Å². The molecular weight excluding hydrogens is 428 g/mol. The molecule has 5 rings (SSSR count). The number of nitrogens with zero attached hydrogens (tertiary/aromatic N) is 3. The van der Waals surface area contributed by atoms with E-state index in [4.69, 9.17) is 21.1 Å². The summed E-state index contributed by atoms with van der Waals surface area (Å²) in [6, 6.07) is 17.2. The lowest BCUT2D eigenvalue weighted by Crippen LogP contribution is -2.40. The highest BCUT2D eigenvalue weighted by Crippen LogP contribution is 2.32. The van der Waals surface area contributed by atoms with Gasteiger partial charge in [0, 0.05) is 36.1 Å². The van der Waals surface area contributed by atoms with Gasteiger partial charge in [0.25, 0.3) is 0 Å². The molecule has 164 valence electrons. The highest BCUT2D eigenvalue weighted by atomic mass is 35.5. The molecule has 2 aliphatic rings. The molecule has 0 bridgehead atoms. The number of fused-ring (bicyclic) bond motifs is 1. The van der Waals surface area contributed by atoms with Crippen LogP contribution in [0, 0.1) is 5.92 Å². The lowest BCUT2D eigenvalue weighted by Gasteiger charge is -2.31. The molecule has 1 amide bonds. The predicted molar refractivity (Wildman–Crippen MR) is 122 cm³/mol. The van der Waals surface area contributed by atoms with Crippen LogP contribution in [0.25, 0.3) is 11.3 Å². The van der Waals surface area contributed by atoms with Crippen LogP contribution in [0.5, 0.6) is 11.5 Å². The van der Waals surface area contributed by atoms with Gasteiger partial charge in [0.05, 0.1) is 5.69 Å². The fourth-order valence-corrected chi connectivity index (χ4v) is 4.15. The van der Waals surface area contributed by atoms with Crippen LogP contribution in [0.1, 0.15) is 18.4 Å². The number of carbonyl (C=O) groups is 1. The quantitative estimate of drug-likeness (QED) is 0.631. The number of hydrogen-bond acceptors (Lipinski definition) is 6. The number of benzene rings is 2. The van der Waals surface area contributed by atoms with Gasteiger partial charge in [-0.1, -0.05) is 29.8 Å². The number of carbonyl (C=O) groups excluding carboxylic acids is 1. The first kappa shape index (κ1) is 20.6. The summed E-state index contributed by atoms with van der Waals surface area (Å²) in [5, 5.41) is 12.5. The van der Waals surface area contributed by atoms with E-state index in [1.165, 1.54) is 0 Å². The Labute approximate surface area is 191 Å². The average molecular weight is 451 g/mol. The number of halogens is 1. The molecule has 0 radical (unpaired) electrons. The van der Waals surface area contributed by atoms with Crippen LogP contribution in [-0.2, 0) is 11.3 Å². The van der Waals surface area contributed by atoms with Crippen molar-refractivity contribution in [2.24, 2.45) is 5.92 Å². The van der Waals surface area contributed by atoms with Gasteiger partial charge in [-0.05, 0) is 54.8 Å². The van der Waals surface area contributed by atoms with Gasteiger partial charge in [-0.15, -0.1) is 10.2 Å². The average Bonchev–Trinajstić information content (AvgIpc) is 3.31. The van der Waals surface area contributed by atoms with Gasteiger partial charge in [-0.3, -0.25) is 4.79 Å². The van der Waals surface area contributed by atoms with E-state index in [2.05, 4.69) is 20.4 Å². The van der Waals surface area contributed by atoms with Gasteiger partial charge in [0.15, 0.2) is 17.3 Å². The summed E-state index contributed by atoms with van der Waals surface area (Å²) < 4.78 is 10.7. The maximum Gasteiger partial charge on any atom is 0.231 e. The van der Waals surface area contributed by atoms with Crippen molar-refractivity contribution in [2.45, 2.75) is 19.4 Å². The van der Waals surface area contributed by atoms with Crippen molar-refractivity contribution in [3.63, 3.8) is 0 Å². The molecule has 3 heterocycles. The fourth-order valence-electron chi connectivity index (χ4n) is 4.02. The number of anilines is 1. The highest BCUT2D eigenvalue weighted by Gasteiger charge is 2.26. The van der Waals surface area contributed by atoms with E-state index in [1.807, 2.05) is 54.6 Å². The van der Waals surface area contributed by atoms with Gasteiger partial charge < -0.3 is 19.7 Å². The molecule has 1 aromatic heterocycles. The van der Waals surface area contributed by atoms with Crippen LogP contribution < -0.4 is 19.7 Å². The predicted octanol–water partition coefficient (Wildman–Crippen LogP) is 4.06. The van der Waals surface area contributed by atoms with Gasteiger partial charge in [0.1, 0.15) is 0 Å². The second-order valence-corrected chi connectivity index (χ2v) is 8.39. The van der Waals surface area contributed by atoms with Crippen LogP contribution in [0.3, 0.4) is 0 Å². The van der Waals surface area contributed by atoms with Crippen molar-refractivity contribution in [2.75, 3.05) is 24.8 Å². The van der Waals surface area contributed by atoms with Crippen LogP contribution in [0.4, 0.5) is 5.82 Å². The van der Waals surface area contributed by atoms with Crippen molar-refractivity contribution >= 4 is 23.3 Å². The number of hydrogen-bond donors (Lipinski definition) is 1. The SMILES string of the molecule is O=C(NCc1ccc2c(c1)OCO2)C1CCN(c2ccc(-c3ccc(Cl)cc3)nn2)CC1. The van der Waals surface area contributed by atoms with Crippen molar-refractivity contribution in [3.05, 3.63) is 65.2 Å². The molecule has 1 saturated heterocycles. The van der Waals surface area contributed by atoms with Crippen molar-refractivity contribution in [1.29, 1.82) is 0 Å². The Morgan fingerprint density at radius 2 is 1.78 bits per heavy atom. The summed E-state index contributed by atoms with van der Waals surface area (Å²) in [5.74, 6) is 2.40. The number of piperidine rings is 1. The second kappa shape index (κ2) is 9.04. The molecule has 0 saturated carbocycles. The van der Waals surface area contributed by atoms with Crippen molar-refractivity contribution in [1.82, 2.24) is 15.5 Å². The van der Waals surface area contributed by atoms with Crippen LogP contribution in [0.15, 0.2) is 54.6 Å². The minimum absolute atomic E-state index is 0.00144. The maximum absolute atomic E-state index is 12.7. The van der Waals surface area contributed by atoms with E-state index in [0.29, 0.717) is 11.6 Å². The fraction of sp³-hybridized carbons (Fsp3) is 0.292. The molecule has 2 aliphatic heterocycles. The van der Waals surface area contributed by atoms with E-state index in [1.54, 1.807) is 0 Å². The van der Waals surface area contributed by atoms with Crippen LogP contribution >= 0.6 is 11.6 Å². The Hall–Kier alpha value is -3.32. The second-order valence-electron chi connectivity index (χ2n) is 7.95. The Bertz CT molecular complexity index is 1100. The van der Waals surface area contributed by atoms with Gasteiger partial charge >= 0.3 is 0 Å². The Morgan fingerprint density at radius 1 is 1.00 bits per heavy atom. The lowest BCUT2D eigenvalue weighted by molar-refractivity contribution is -0.125. The molecule has 0 spiro atoms. The lowest BCUT2D eigenvalue weighted by atomic mass is 9.96. The molecule has 2 aromatic carbocycles. The number of nitrogens with one attached hydrogen (secondary N) is 1. The maximum atomic E-state index is 12.7. The number of rotatable bonds is 5. The van der Waals surface area contributed by atoms with E-state index >= 15 is 0 Å². The summed E-state index contributed by atoms with van der Waals surface area (Å²) in [7, 11) is 0. The first-order valence-corrected chi connectivity index (χ1v) is 11.0. The van der Waals surface area contributed by atoms with E-state index in [0.717, 1.165) is 60.1 Å². The summed E-state index contributed by atoms with van der Waals surface area (Å²) in [4.78, 5) is 14.8. The molecule has 0 aliphatic carbocycles. The Morgan fingerprint density at radius 3 is 2.53 bits per heavy atom. The van der Waals surface area contributed by atoms with Crippen molar-refractivity contribution < 1.29 is 14.3 Å². The first-order chi connectivity index (χ1) is 15.7. The van der Waals surface area contributed by atoms with E-state index in [9.17, 15) is 4.79 Å². The van der Waals surface area contributed by atoms with Crippen LogP contribution in [0.2, 0.25) is 5.02 Å². The first-order valence-electron chi connectivity index (χ1n) is 10.7. The van der Waals surface area contributed by atoms with Crippen molar-refractivity contribution in [3.8, 4) is 22.8 Å². The third kappa shape index (κ3) is 4.48. The largest absolute Gasteiger partial charge is 0.454 e. The molecule has 8 heteroatoms. The molecule has 32 heavy (non-hydrogen) atoms. The number of amides is 1. The monoisotopic (exact) mass is 450 g/mol. The molecule has 0 atom stereocenters. The number of ether oxygens (including phenoxy) is 2. The van der Waals surface area contributed by atoms with E-state index in [-0.39, 0.29) is 18.6 Å². The molecular formula is C24H23ClN4O3. The highest BCUT2D eigenvalue weighted by molar-refractivity contribution is 6.30. The zero-order chi connectivity index (χ0) is 21.9. The van der Waals surface area contributed by atoms with Gasteiger partial charge in [0.2, 0.25) is 12.7 Å². The molecule has 1 N–H and O–H groups in total. The summed E-state index contributed by atoms with van der Waals surface area (Å²) in [6.07, 6.45) is 1.57. The smallest absolute Gasteiger partial charge is 0.231 e. The minimum Gasteiger partial charge on any atom is -0.454 e. The molecule has 0 unspecified atom stereocenters. The topological polar surface area (TPSA) is 76.6 Å². The molecule has 1 fully saturated rings. The van der Waals surface area contributed by atoms with Crippen LogP contribution in [-0.4, -0.2) is 36.0 Å². The third-order valence-electron chi connectivity index (χ3n) is 5.88. The standard InChI is InChI=1S/C24H23ClN4O3/c25-19-4-2-17(3-5-19)20-6-8-23(28-27-20)29-11-9-18(10-12-29)24(30)26-14-16-1-7-21-22(13-16)32-15-31-21/h1-8,13,18H,9-12,14-15H2,(H,26,30). The molecule has 7 nitrogen and oxygen atoms in total. The summed E-state index contributed by atoms with van der Waals surface area (Å²) >= 11 is 5.95. The summed E-state index contributed by atoms with van der Waals surface area (Å²) in [5.41, 5.74) is 2.78. The third-order valence-corrected chi connectivity index (χ3v) is 6.14. The zero-order valence-electron chi connectivity index (χ0n) is 17.5. The van der Waals surface area contributed by atoms with Gasteiger partial charge in [-0.2, -0.15) is 0 Å². The minimum atomic E-state index is 0.00144. The Kier molecular flexibility index (Phi) is 5.81. The Balaban J connectivity index is 1.13.